The Morgan fingerprint density at radius 3 is 1.38 bits per heavy atom. The van der Waals surface area contributed by atoms with Crippen molar-refractivity contribution in [2.75, 3.05) is 26.4 Å². The number of aryl methyl sites for hydroxylation is 1. The number of benzene rings is 4. The van der Waals surface area contributed by atoms with E-state index in [4.69, 9.17) is 46.1 Å². The summed E-state index contributed by atoms with van der Waals surface area (Å²) in [5.74, 6) is 0. The molecule has 3 aliphatic rings. The van der Waals surface area contributed by atoms with Gasteiger partial charge in [-0.25, -0.2) is 0 Å². The zero-order chi connectivity index (χ0) is 52.2. The van der Waals surface area contributed by atoms with Crippen LogP contribution in [0.5, 0.6) is 0 Å². The van der Waals surface area contributed by atoms with Crippen LogP contribution in [0.2, 0.25) is 0 Å². The summed E-state index contributed by atoms with van der Waals surface area (Å²) >= 11 is 7.22. The number of thiol groups is 1. The van der Waals surface area contributed by atoms with Crippen LogP contribution in [0.15, 0.2) is 84.9 Å². The maximum atomic E-state index is 10.1. The van der Waals surface area contributed by atoms with Crippen LogP contribution in [0, 0.1) is 14.1 Å². The molecule has 0 spiro atoms. The number of ether oxygens (including phenoxy) is 3. The molecule has 4 aromatic rings. The molecule has 0 saturated carbocycles. The van der Waals surface area contributed by atoms with Gasteiger partial charge in [0.05, 0.1) is 37.9 Å². The molecule has 0 aromatic heterocycles. The average molecular weight is 1100 g/mol. The number of aliphatic hydroxyl groups excluding tert-OH is 12. The molecule has 3 saturated heterocycles. The van der Waals surface area contributed by atoms with E-state index < -0.39 is 112 Å². The van der Waals surface area contributed by atoms with Gasteiger partial charge in [0, 0.05) is 6.54 Å². The second-order valence-electron chi connectivity index (χ2n) is 15.2. The molecule has 25 heteroatoms. The number of rotatable bonds is 10. The Morgan fingerprint density at radius 1 is 0.551 bits per heavy atom. The molecule has 0 radical (unpaired) electrons. The molecule has 7 rings (SSSR count). The van der Waals surface area contributed by atoms with E-state index in [-0.39, 0.29) is 0 Å². The first-order valence-corrected chi connectivity index (χ1v) is 25.8. The first-order valence-electron chi connectivity index (χ1n) is 21.2. The van der Waals surface area contributed by atoms with E-state index in [1.807, 2.05) is 67.8 Å². The van der Waals surface area contributed by atoms with Crippen LogP contribution in [-0.4, -0.2) is 180 Å². The Hall–Kier alpha value is -1.44. The molecular weight excluding hydrogens is 1040 g/mol. The first kappa shape index (κ1) is 65.6. The monoisotopic (exact) mass is 1100 g/mol. The van der Waals surface area contributed by atoms with Crippen molar-refractivity contribution in [3.8, 4) is 0 Å². The molecule has 19 N–H and O–H groups in total. The summed E-state index contributed by atoms with van der Waals surface area (Å²) in [7, 11) is 14.4. The molecule has 69 heavy (non-hydrogen) atoms. The fraction of sp³-hybridized carbons (Fsp3) is 0.500. The number of hydrogen-bond donors (Lipinski definition) is 18. The summed E-state index contributed by atoms with van der Waals surface area (Å²) in [6, 6.07) is 26.3. The van der Waals surface area contributed by atoms with Crippen LogP contribution < -0.4 is 26.8 Å². The van der Waals surface area contributed by atoms with Gasteiger partial charge in [0.2, 0.25) is 0 Å². The van der Waals surface area contributed by atoms with Gasteiger partial charge >= 0.3 is 52.0 Å². The van der Waals surface area contributed by atoms with Gasteiger partial charge in [-0.1, -0.05) is 84.9 Å². The van der Waals surface area contributed by atoms with Gasteiger partial charge in [0.1, 0.15) is 54.9 Å². The molecule has 3 aliphatic heterocycles. The van der Waals surface area contributed by atoms with Gasteiger partial charge in [-0.15, -0.1) is 12.8 Å². The molecule has 0 amide bonds. The molecule has 3 heterocycles. The molecule has 4 aromatic carbocycles. The standard InChI is InChI=1S/C19H25NO5.C11H11N.C7H14NO5.C6H13NO5.CH4NS.2S.2V/c21-11-15-17(22)18(23)16(19(24)25-15)20-10-4-8-13-7-3-6-12-5-1-2-9-14(12)13;12-8-10-6-3-5-9-4-1-2-7-11(9)10;1-8-4-6(11)5(10)3(2-9)13-7(4)12;7-3-5(10)4(9)2(1-8)12-6(3)11;1-2-3;;;;/h1-3,5-7,9,15-24H,4,8,10-11H2;1-7H,8,12H2;3-12H,1-2H2;2-6,8-11H,1,7H2;2-3H,1H2;;;;/q;;-1;;-1;;;;/t15-,16+,17+,18-,19?;;3-,4+,5+,6-,7?;2-,3+,4+,5-,6?;;;;;/m1.11...../s1. The Labute approximate surface area is 433 Å². The van der Waals surface area contributed by atoms with Crippen molar-refractivity contribution in [3.63, 3.8) is 0 Å². The molecule has 3 unspecified atom stereocenters. The quantitative estimate of drug-likeness (QED) is 0.0458. The number of nitrogens with two attached hydrogens (primary N) is 2. The third kappa shape index (κ3) is 20.1. The SMILES string of the molecule is NCc1cccc2ccccc12.N[C@@H]1C(O)O[C@H](CO)[C@H](O)[C@@H]1O.OC[C@H]1OC(O)[C@@H](NCCCc2cccc3ccccc23)[C@@H](O)[C@H]1O.[CH2-]NS.[CH2-]N[C@@H]1C(O)O[C@H](CO)[C@H](O)[C@@H]1O.[S]=[V].[S]=[V]. The molecule has 15 atom stereocenters. The van der Waals surface area contributed by atoms with E-state index in [1.165, 1.54) is 32.7 Å². The molecule has 388 valence electrons. The van der Waals surface area contributed by atoms with Crippen LogP contribution in [0.3, 0.4) is 0 Å². The van der Waals surface area contributed by atoms with Crippen LogP contribution in [-0.2, 0) is 58.6 Å². The third-order valence-corrected chi connectivity index (χ3v) is 11.0. The first-order chi connectivity index (χ1) is 33.1. The van der Waals surface area contributed by atoms with Crippen molar-refractivity contribution >= 4 is 54.9 Å². The Bertz CT molecular complexity index is 1970. The molecule has 20 nitrogen and oxygen atoms in total. The summed E-state index contributed by atoms with van der Waals surface area (Å²) in [6.07, 6.45) is -12.5. The van der Waals surface area contributed by atoms with Crippen LogP contribution in [0.25, 0.3) is 21.5 Å². The fourth-order valence-corrected chi connectivity index (χ4v) is 7.28. The minimum atomic E-state index is -1.35. The Balaban J connectivity index is 0.000000464. The van der Waals surface area contributed by atoms with Gasteiger partial charge in [0.25, 0.3) is 0 Å². The second kappa shape index (κ2) is 36.5. The van der Waals surface area contributed by atoms with Crippen molar-refractivity contribution in [1.29, 1.82) is 0 Å². The average Bonchev–Trinajstić information content (AvgIpc) is 3.38. The van der Waals surface area contributed by atoms with Crippen molar-refractivity contribution in [2.45, 2.75) is 111 Å². The summed E-state index contributed by atoms with van der Waals surface area (Å²) in [4.78, 5) is 0. The zero-order valence-corrected chi connectivity index (χ0v) is 42.8. The van der Waals surface area contributed by atoms with E-state index >= 15 is 0 Å². The summed E-state index contributed by atoms with van der Waals surface area (Å²) in [6.45, 7) is -0.215. The van der Waals surface area contributed by atoms with Gasteiger partial charge in [0.15, 0.2) is 18.9 Å². The second-order valence-corrected chi connectivity index (χ2v) is 15.5. The van der Waals surface area contributed by atoms with E-state index in [0.717, 1.165) is 12.8 Å². The summed E-state index contributed by atoms with van der Waals surface area (Å²) in [5.41, 5.74) is 13.3. The summed E-state index contributed by atoms with van der Waals surface area (Å²) in [5, 5.41) is 122. The van der Waals surface area contributed by atoms with Crippen molar-refractivity contribution in [2.24, 2.45) is 11.5 Å². The molecule has 3 fully saturated rings. The predicted octanol–water partition coefficient (Wildman–Crippen LogP) is -2.12. The number of aliphatic hydroxyl groups is 12. The van der Waals surface area contributed by atoms with Gasteiger partial charge < -0.3 is 102 Å². The zero-order valence-electron chi connectivity index (χ0n) is 37.5. The summed E-state index contributed by atoms with van der Waals surface area (Å²) < 4.78 is 16.8. The number of fused-ring (bicyclic) bond motifs is 2. The number of nitrogens with one attached hydrogen (secondary N) is 3. The van der Waals surface area contributed by atoms with Gasteiger partial charge in [-0.2, -0.15) is 0 Å². The van der Waals surface area contributed by atoms with E-state index in [9.17, 15) is 40.9 Å². The van der Waals surface area contributed by atoms with Crippen LogP contribution in [0.1, 0.15) is 17.5 Å². The van der Waals surface area contributed by atoms with Gasteiger partial charge in [-0.05, 0) is 52.1 Å². The number of hydrogen-bond acceptors (Lipinski definition) is 23. The Kier molecular flexibility index (Phi) is 34.7. The van der Waals surface area contributed by atoms with Crippen LogP contribution in [0.4, 0.5) is 0 Å². The van der Waals surface area contributed by atoms with Crippen LogP contribution >= 0.6 is 33.4 Å². The minimum absolute atomic E-state index is 0.455. The van der Waals surface area contributed by atoms with Crippen molar-refractivity contribution < 1.29 is 107 Å². The third-order valence-electron chi connectivity index (χ3n) is 11.0. The van der Waals surface area contributed by atoms with Gasteiger partial charge in [-0.3, -0.25) is 14.1 Å². The topological polar surface area (TPSA) is 359 Å². The predicted molar refractivity (Wildman–Crippen MR) is 259 cm³/mol. The normalized spacial score (nSPS) is 30.3. The maximum absolute atomic E-state index is 10.1. The molecule has 0 aliphatic carbocycles. The molecular formula is C44H67N5O15S3V2-2. The van der Waals surface area contributed by atoms with E-state index in [0.29, 0.717) is 13.1 Å². The van der Waals surface area contributed by atoms with Crippen molar-refractivity contribution in [3.05, 3.63) is 110 Å². The Morgan fingerprint density at radius 2 is 0.928 bits per heavy atom. The van der Waals surface area contributed by atoms with E-state index in [2.05, 4.69) is 111 Å². The molecule has 0 bridgehead atoms. The fourth-order valence-electron chi connectivity index (χ4n) is 7.28. The van der Waals surface area contributed by atoms with E-state index in [1.54, 1.807) is 0 Å². The van der Waals surface area contributed by atoms with Crippen molar-refractivity contribution in [1.82, 2.24) is 15.4 Å².